The molecule has 2 aliphatic rings. The van der Waals surface area contributed by atoms with Crippen molar-refractivity contribution < 1.29 is 13.2 Å². The minimum Gasteiger partial charge on any atom is -0.326 e. The fourth-order valence-electron chi connectivity index (χ4n) is 3.49. The number of anilines is 1. The van der Waals surface area contributed by atoms with Gasteiger partial charge in [-0.05, 0) is 37.1 Å². The van der Waals surface area contributed by atoms with Crippen LogP contribution >= 0.6 is 0 Å². The number of carbonyl (C=O) groups excluding carboxylic acids is 1. The molecule has 1 aromatic carbocycles. The fraction of sp³-hybridized carbons (Fsp3) is 0.500. The molecule has 0 bridgehead atoms. The maximum atomic E-state index is 12.2. The van der Waals surface area contributed by atoms with Gasteiger partial charge in [0.1, 0.15) is 0 Å². The molecule has 0 atom stereocenters. The lowest BCUT2D eigenvalue weighted by Gasteiger charge is -2.21. The molecular weight excluding hydrogens is 366 g/mol. The van der Waals surface area contributed by atoms with Crippen molar-refractivity contribution in [1.82, 2.24) is 9.73 Å². The van der Waals surface area contributed by atoms with E-state index in [9.17, 15) is 13.2 Å². The number of amides is 1. The first kappa shape index (κ1) is 19.3. The predicted octanol–water partition coefficient (Wildman–Crippen LogP) is 1.81. The van der Waals surface area contributed by atoms with Crippen LogP contribution in [0, 0.1) is 5.41 Å². The van der Waals surface area contributed by atoms with Gasteiger partial charge >= 0.3 is 0 Å². The zero-order valence-corrected chi connectivity index (χ0v) is 16.2. The molecule has 27 heavy (non-hydrogen) atoms. The van der Waals surface area contributed by atoms with E-state index in [2.05, 4.69) is 26.3 Å². The minimum atomic E-state index is -3.68. The van der Waals surface area contributed by atoms with Crippen molar-refractivity contribution in [1.29, 1.82) is 0 Å². The average molecular weight is 391 g/mol. The quantitative estimate of drug-likeness (QED) is 0.546. The Balaban J connectivity index is 1.44. The van der Waals surface area contributed by atoms with Gasteiger partial charge < -0.3 is 5.32 Å². The number of sulfonamides is 1. The molecule has 2 N–H and O–H groups in total. The Hall–Kier alpha value is -2.42. The van der Waals surface area contributed by atoms with Crippen LogP contribution in [0.5, 0.6) is 0 Å². The molecule has 146 valence electrons. The summed E-state index contributed by atoms with van der Waals surface area (Å²) in [4.78, 5) is 15.2. The van der Waals surface area contributed by atoms with E-state index in [1.807, 2.05) is 5.01 Å². The second kappa shape index (κ2) is 8.08. The number of hydrogen-bond donors (Lipinski definition) is 2. The second-order valence-corrected chi connectivity index (χ2v) is 8.78. The number of aliphatic imine (C=N–C) groups is 1. The Bertz CT molecular complexity index is 827. The maximum absolute atomic E-state index is 12.2. The van der Waals surface area contributed by atoms with Gasteiger partial charge in [0.25, 0.3) is 10.0 Å². The Morgan fingerprint density at radius 1 is 1.30 bits per heavy atom. The van der Waals surface area contributed by atoms with Crippen LogP contribution in [0.25, 0.3) is 0 Å². The first-order chi connectivity index (χ1) is 12.9. The number of benzene rings is 1. The number of nitrogens with one attached hydrogen (secondary N) is 2. The summed E-state index contributed by atoms with van der Waals surface area (Å²) in [6, 6.07) is 5.94. The third kappa shape index (κ3) is 5.06. The van der Waals surface area contributed by atoms with Gasteiger partial charge in [0, 0.05) is 30.8 Å². The first-order valence-electron chi connectivity index (χ1n) is 9.07. The summed E-state index contributed by atoms with van der Waals surface area (Å²) in [6.45, 7) is 3.47. The summed E-state index contributed by atoms with van der Waals surface area (Å²) in [5.74, 6) is -0.211. The lowest BCUT2D eigenvalue weighted by Crippen LogP contribution is -2.28. The molecule has 1 aromatic rings. The molecule has 1 fully saturated rings. The van der Waals surface area contributed by atoms with Crippen LogP contribution in [0.2, 0.25) is 0 Å². The highest BCUT2D eigenvalue weighted by atomic mass is 32.2. The molecular formula is C18H25N5O3S. The van der Waals surface area contributed by atoms with Gasteiger partial charge in [-0.2, -0.15) is 5.10 Å². The number of carbonyl (C=O) groups is 1. The van der Waals surface area contributed by atoms with E-state index >= 15 is 0 Å². The van der Waals surface area contributed by atoms with E-state index in [4.69, 9.17) is 0 Å². The highest BCUT2D eigenvalue weighted by Gasteiger charge is 2.37. The summed E-state index contributed by atoms with van der Waals surface area (Å²) in [5.41, 5.74) is 0.802. The second-order valence-electron chi connectivity index (χ2n) is 7.06. The summed E-state index contributed by atoms with van der Waals surface area (Å²) in [7, 11) is -3.68. The highest BCUT2D eigenvalue weighted by Crippen LogP contribution is 2.39. The van der Waals surface area contributed by atoms with Crippen molar-refractivity contribution in [2.75, 3.05) is 25.0 Å². The molecule has 1 amide bonds. The minimum absolute atomic E-state index is 0.107. The van der Waals surface area contributed by atoms with Crippen molar-refractivity contribution >= 4 is 34.2 Å². The van der Waals surface area contributed by atoms with Gasteiger partial charge in [-0.25, -0.2) is 8.42 Å². The van der Waals surface area contributed by atoms with Gasteiger partial charge in [0.15, 0.2) is 0 Å². The van der Waals surface area contributed by atoms with E-state index in [1.165, 1.54) is 63.2 Å². The molecule has 0 radical (unpaired) electrons. The molecule has 1 heterocycles. The van der Waals surface area contributed by atoms with Crippen molar-refractivity contribution in [3.05, 3.63) is 24.3 Å². The van der Waals surface area contributed by atoms with Crippen molar-refractivity contribution in [3.63, 3.8) is 0 Å². The number of hydrogen-bond acceptors (Lipinski definition) is 6. The molecule has 0 unspecified atom stereocenters. The van der Waals surface area contributed by atoms with Gasteiger partial charge in [0.05, 0.1) is 24.3 Å². The molecule has 3 rings (SSSR count). The molecule has 8 nitrogen and oxygen atoms in total. The lowest BCUT2D eigenvalue weighted by molar-refractivity contribution is -0.114. The van der Waals surface area contributed by atoms with Crippen molar-refractivity contribution in [2.45, 2.75) is 37.5 Å². The zero-order valence-electron chi connectivity index (χ0n) is 15.4. The molecule has 1 aliphatic heterocycles. The Morgan fingerprint density at radius 3 is 2.67 bits per heavy atom. The van der Waals surface area contributed by atoms with Crippen molar-refractivity contribution in [2.24, 2.45) is 15.5 Å². The highest BCUT2D eigenvalue weighted by molar-refractivity contribution is 7.90. The largest absolute Gasteiger partial charge is 0.326 e. The van der Waals surface area contributed by atoms with Crippen LogP contribution in [0.4, 0.5) is 5.69 Å². The Morgan fingerprint density at radius 2 is 2.00 bits per heavy atom. The van der Waals surface area contributed by atoms with Gasteiger partial charge in [-0.1, -0.05) is 12.8 Å². The first-order valence-corrected chi connectivity index (χ1v) is 10.6. The summed E-state index contributed by atoms with van der Waals surface area (Å²) in [5, 5.41) is 9.06. The number of nitrogens with zero attached hydrogens (tertiary/aromatic N) is 3. The molecule has 0 aromatic heterocycles. The monoisotopic (exact) mass is 391 g/mol. The topological polar surface area (TPSA) is 103 Å². The normalized spacial score (nSPS) is 18.5. The van der Waals surface area contributed by atoms with E-state index in [0.29, 0.717) is 18.8 Å². The van der Waals surface area contributed by atoms with Gasteiger partial charge in [-0.3, -0.25) is 19.5 Å². The van der Waals surface area contributed by atoms with Crippen LogP contribution in [-0.4, -0.2) is 51.5 Å². The number of hydrazone groups is 1. The predicted molar refractivity (Wildman–Crippen MR) is 105 cm³/mol. The Kier molecular flexibility index (Phi) is 5.79. The number of rotatable bonds is 7. The van der Waals surface area contributed by atoms with Crippen LogP contribution in [-0.2, 0) is 14.8 Å². The maximum Gasteiger partial charge on any atom is 0.262 e. The Labute approximate surface area is 159 Å². The van der Waals surface area contributed by atoms with E-state index < -0.39 is 10.0 Å². The zero-order chi connectivity index (χ0) is 19.3. The van der Waals surface area contributed by atoms with Crippen molar-refractivity contribution in [3.8, 4) is 0 Å². The van der Waals surface area contributed by atoms with Crippen LogP contribution in [0.1, 0.15) is 32.6 Å². The fourth-order valence-corrected chi connectivity index (χ4v) is 4.33. The van der Waals surface area contributed by atoms with Crippen LogP contribution < -0.4 is 10.0 Å². The third-order valence-electron chi connectivity index (χ3n) is 4.86. The van der Waals surface area contributed by atoms with Gasteiger partial charge in [-0.15, -0.1) is 0 Å². The van der Waals surface area contributed by atoms with Gasteiger partial charge in [0.2, 0.25) is 5.91 Å². The average Bonchev–Trinajstić information content (AvgIpc) is 3.24. The van der Waals surface area contributed by atoms with E-state index in [1.54, 1.807) is 0 Å². The van der Waals surface area contributed by atoms with E-state index in [0.717, 1.165) is 6.54 Å². The molecule has 1 saturated carbocycles. The molecule has 9 heteroatoms. The summed E-state index contributed by atoms with van der Waals surface area (Å²) < 4.78 is 26.8. The SMILES string of the molecule is CC(=O)Nc1ccc(S(=O)(=O)NC=NCCN2CC3(C=N2)CCCC3)cc1. The lowest BCUT2D eigenvalue weighted by atomic mass is 9.88. The summed E-state index contributed by atoms with van der Waals surface area (Å²) in [6.07, 6.45) is 8.24. The standard InChI is InChI=1S/C18H25N5O3S/c1-15(24)22-16-4-6-17(7-5-16)27(25,26)21-14-19-10-11-23-13-18(12-20-23)8-2-3-9-18/h4-7,12,14H,2-3,8-11,13H2,1H3,(H,19,21)(H,22,24). The molecule has 0 saturated heterocycles. The third-order valence-corrected chi connectivity index (χ3v) is 6.17. The van der Waals surface area contributed by atoms with E-state index in [-0.39, 0.29) is 16.2 Å². The molecule has 1 aliphatic carbocycles. The smallest absolute Gasteiger partial charge is 0.262 e. The van der Waals surface area contributed by atoms with Crippen LogP contribution in [0.15, 0.2) is 39.3 Å². The summed E-state index contributed by atoms with van der Waals surface area (Å²) >= 11 is 0. The van der Waals surface area contributed by atoms with Crippen LogP contribution in [0.3, 0.4) is 0 Å². The molecule has 1 spiro atoms.